The van der Waals surface area contributed by atoms with Crippen LogP contribution in [0.4, 0.5) is 5.69 Å². The molecule has 0 aliphatic rings. The Labute approximate surface area is 165 Å². The quantitative estimate of drug-likeness (QED) is 0.563. The number of aryl methyl sites for hydroxylation is 2. The van der Waals surface area contributed by atoms with E-state index in [-0.39, 0.29) is 17.1 Å². The fraction of sp³-hybridized carbons (Fsp3) is 0.211. The van der Waals surface area contributed by atoms with Crippen molar-refractivity contribution in [3.63, 3.8) is 0 Å². The lowest BCUT2D eigenvalue weighted by Crippen LogP contribution is -2.14. The summed E-state index contributed by atoms with van der Waals surface area (Å²) in [5, 5.41) is 0.475. The SMILES string of the molecule is CCOC(=O)c1c(C)oc2c(Br)cc(NS(=O)(=O)c3ccccc3C)cc12. The highest BCUT2D eigenvalue weighted by atomic mass is 79.9. The summed E-state index contributed by atoms with van der Waals surface area (Å²) in [6.45, 7) is 5.33. The minimum atomic E-state index is -3.78. The van der Waals surface area contributed by atoms with Gasteiger partial charge < -0.3 is 9.15 Å². The maximum absolute atomic E-state index is 12.8. The summed E-state index contributed by atoms with van der Waals surface area (Å²) >= 11 is 3.38. The van der Waals surface area contributed by atoms with Gasteiger partial charge in [0.2, 0.25) is 0 Å². The van der Waals surface area contributed by atoms with Gasteiger partial charge in [0, 0.05) is 5.39 Å². The Morgan fingerprint density at radius 3 is 2.59 bits per heavy atom. The number of rotatable bonds is 5. The smallest absolute Gasteiger partial charge is 0.342 e. The number of furan rings is 1. The molecule has 6 nitrogen and oxygen atoms in total. The molecule has 142 valence electrons. The second-order valence-corrected chi connectivity index (χ2v) is 8.46. The normalized spacial score (nSPS) is 11.6. The first-order valence-corrected chi connectivity index (χ1v) is 10.5. The third-order valence-corrected chi connectivity index (χ3v) is 6.17. The average molecular weight is 452 g/mol. The van der Waals surface area contributed by atoms with E-state index in [0.29, 0.717) is 32.5 Å². The zero-order chi connectivity index (χ0) is 19.8. The van der Waals surface area contributed by atoms with Gasteiger partial charge >= 0.3 is 5.97 Å². The number of carbonyl (C=O) groups excluding carboxylic acids is 1. The number of sulfonamides is 1. The first-order chi connectivity index (χ1) is 12.7. The molecule has 27 heavy (non-hydrogen) atoms. The van der Waals surface area contributed by atoms with E-state index >= 15 is 0 Å². The summed E-state index contributed by atoms with van der Waals surface area (Å²) in [5.74, 6) is -0.109. The number of benzene rings is 2. The van der Waals surface area contributed by atoms with Gasteiger partial charge in [-0.2, -0.15) is 0 Å². The monoisotopic (exact) mass is 451 g/mol. The summed E-state index contributed by atoms with van der Waals surface area (Å²) in [4.78, 5) is 12.5. The Morgan fingerprint density at radius 1 is 1.22 bits per heavy atom. The van der Waals surface area contributed by atoms with E-state index < -0.39 is 16.0 Å². The van der Waals surface area contributed by atoms with E-state index in [0.717, 1.165) is 0 Å². The lowest BCUT2D eigenvalue weighted by molar-refractivity contribution is 0.0526. The van der Waals surface area contributed by atoms with Gasteiger partial charge in [0.15, 0.2) is 0 Å². The predicted molar refractivity (Wildman–Crippen MR) is 107 cm³/mol. The van der Waals surface area contributed by atoms with Crippen molar-refractivity contribution in [2.24, 2.45) is 0 Å². The van der Waals surface area contributed by atoms with Crippen LogP contribution in [0.25, 0.3) is 11.0 Å². The van der Waals surface area contributed by atoms with Crippen molar-refractivity contribution in [1.29, 1.82) is 0 Å². The summed E-state index contributed by atoms with van der Waals surface area (Å²) < 4.78 is 39.4. The van der Waals surface area contributed by atoms with Crippen LogP contribution in [0.1, 0.15) is 28.6 Å². The Balaban J connectivity index is 2.10. The third-order valence-electron chi connectivity index (χ3n) is 4.04. The highest BCUT2D eigenvalue weighted by Crippen LogP contribution is 2.35. The molecule has 1 aromatic heterocycles. The Hall–Kier alpha value is -2.32. The number of nitrogens with one attached hydrogen (secondary N) is 1. The minimum absolute atomic E-state index is 0.190. The molecule has 0 amide bonds. The number of hydrogen-bond donors (Lipinski definition) is 1. The van der Waals surface area contributed by atoms with Crippen LogP contribution in [0.3, 0.4) is 0 Å². The van der Waals surface area contributed by atoms with Crippen LogP contribution in [0.5, 0.6) is 0 Å². The highest BCUT2D eigenvalue weighted by molar-refractivity contribution is 9.10. The van der Waals surface area contributed by atoms with Gasteiger partial charge in [-0.3, -0.25) is 4.72 Å². The standard InChI is InChI=1S/C19H18BrNO5S/c1-4-25-19(22)17-12(3)26-18-14(17)9-13(10-15(18)20)21-27(23,24)16-8-6-5-7-11(16)2/h5-10,21H,4H2,1-3H3. The van der Waals surface area contributed by atoms with E-state index in [4.69, 9.17) is 9.15 Å². The average Bonchev–Trinajstić information content (AvgIpc) is 2.91. The number of anilines is 1. The Bertz CT molecular complexity index is 1130. The van der Waals surface area contributed by atoms with Crippen molar-refractivity contribution >= 4 is 48.6 Å². The molecule has 1 heterocycles. The van der Waals surface area contributed by atoms with Crippen molar-refractivity contribution < 1.29 is 22.4 Å². The molecule has 3 aromatic rings. The molecule has 8 heteroatoms. The minimum Gasteiger partial charge on any atom is -0.462 e. The van der Waals surface area contributed by atoms with Crippen LogP contribution in [0.2, 0.25) is 0 Å². The van der Waals surface area contributed by atoms with Gasteiger partial charge in [-0.15, -0.1) is 0 Å². The van der Waals surface area contributed by atoms with Crippen molar-refractivity contribution in [3.8, 4) is 0 Å². The lowest BCUT2D eigenvalue weighted by atomic mass is 10.1. The van der Waals surface area contributed by atoms with Crippen LogP contribution >= 0.6 is 15.9 Å². The third kappa shape index (κ3) is 3.72. The van der Waals surface area contributed by atoms with E-state index in [2.05, 4.69) is 20.7 Å². The topological polar surface area (TPSA) is 85.6 Å². The molecule has 1 N–H and O–H groups in total. The fourth-order valence-corrected chi connectivity index (χ4v) is 4.69. The van der Waals surface area contributed by atoms with Crippen LogP contribution in [-0.2, 0) is 14.8 Å². The van der Waals surface area contributed by atoms with Crippen molar-refractivity contribution in [1.82, 2.24) is 0 Å². The van der Waals surface area contributed by atoms with Crippen LogP contribution in [0.15, 0.2) is 50.2 Å². The Morgan fingerprint density at radius 2 is 1.93 bits per heavy atom. The second-order valence-electron chi connectivity index (χ2n) is 5.96. The summed E-state index contributed by atoms with van der Waals surface area (Å²) in [5.41, 5.74) is 1.68. The van der Waals surface area contributed by atoms with Crippen molar-refractivity contribution in [2.45, 2.75) is 25.7 Å². The predicted octanol–water partition coefficient (Wildman–Crippen LogP) is 4.79. The Kier molecular flexibility index (Phi) is 5.30. The van der Waals surface area contributed by atoms with Crippen LogP contribution in [-0.4, -0.2) is 21.0 Å². The van der Waals surface area contributed by atoms with Gasteiger partial charge in [0.05, 0.1) is 21.7 Å². The van der Waals surface area contributed by atoms with E-state index in [1.54, 1.807) is 51.1 Å². The number of esters is 1. The molecule has 0 radical (unpaired) electrons. The first kappa shape index (κ1) is 19.4. The molecule has 0 fully saturated rings. The molecule has 0 saturated heterocycles. The van der Waals surface area contributed by atoms with Crippen molar-refractivity contribution in [3.05, 3.63) is 57.8 Å². The second kappa shape index (κ2) is 7.36. The zero-order valence-electron chi connectivity index (χ0n) is 15.0. The van der Waals surface area contributed by atoms with E-state index in [9.17, 15) is 13.2 Å². The molecule has 2 aromatic carbocycles. The first-order valence-electron chi connectivity index (χ1n) is 8.22. The number of fused-ring (bicyclic) bond motifs is 1. The van der Waals surface area contributed by atoms with Gasteiger partial charge in [-0.25, -0.2) is 13.2 Å². The van der Waals surface area contributed by atoms with Gasteiger partial charge in [-0.05, 0) is 60.5 Å². The molecule has 0 spiro atoms. The molecule has 0 bridgehead atoms. The zero-order valence-corrected chi connectivity index (χ0v) is 17.4. The molecule has 3 rings (SSSR count). The maximum atomic E-state index is 12.8. The molecular weight excluding hydrogens is 434 g/mol. The van der Waals surface area contributed by atoms with Gasteiger partial charge in [0.1, 0.15) is 16.9 Å². The molecular formula is C19H18BrNO5S. The summed E-state index contributed by atoms with van der Waals surface area (Å²) in [6.07, 6.45) is 0. The maximum Gasteiger partial charge on any atom is 0.342 e. The number of halogens is 1. The van der Waals surface area contributed by atoms with E-state index in [1.807, 2.05) is 0 Å². The van der Waals surface area contributed by atoms with E-state index in [1.165, 1.54) is 6.07 Å². The molecule has 0 saturated carbocycles. The molecule has 0 unspecified atom stereocenters. The van der Waals surface area contributed by atoms with Crippen LogP contribution < -0.4 is 4.72 Å². The molecule has 0 aliphatic heterocycles. The fourth-order valence-electron chi connectivity index (χ4n) is 2.86. The number of hydrogen-bond acceptors (Lipinski definition) is 5. The number of carbonyl (C=O) groups is 1. The van der Waals surface area contributed by atoms with Gasteiger partial charge in [-0.1, -0.05) is 18.2 Å². The molecule has 0 aliphatic carbocycles. The lowest BCUT2D eigenvalue weighted by Gasteiger charge is -2.11. The van der Waals surface area contributed by atoms with Gasteiger partial charge in [0.25, 0.3) is 10.0 Å². The highest BCUT2D eigenvalue weighted by Gasteiger charge is 2.23. The molecule has 0 atom stereocenters. The number of ether oxygens (including phenoxy) is 1. The summed E-state index contributed by atoms with van der Waals surface area (Å²) in [6, 6.07) is 9.87. The summed E-state index contributed by atoms with van der Waals surface area (Å²) in [7, 11) is -3.78. The van der Waals surface area contributed by atoms with Crippen LogP contribution in [0, 0.1) is 13.8 Å². The largest absolute Gasteiger partial charge is 0.462 e. The van der Waals surface area contributed by atoms with Crippen molar-refractivity contribution in [2.75, 3.05) is 11.3 Å².